The Morgan fingerprint density at radius 3 is 2.56 bits per heavy atom. The van der Waals surface area contributed by atoms with Crippen LogP contribution in [0.3, 0.4) is 0 Å². The Kier molecular flexibility index (Phi) is 2.95. The maximum atomic E-state index is 5.20. The van der Waals surface area contributed by atoms with E-state index < -0.39 is 0 Å². The van der Waals surface area contributed by atoms with Crippen LogP contribution in [-0.2, 0) is 9.47 Å². The zero-order valence-corrected chi connectivity index (χ0v) is 7.06. The van der Waals surface area contributed by atoms with Crippen LogP contribution in [-0.4, -0.2) is 17.9 Å². The van der Waals surface area contributed by atoms with Gasteiger partial charge in [0, 0.05) is 5.33 Å². The van der Waals surface area contributed by atoms with Crippen LogP contribution in [0.2, 0.25) is 0 Å². The van der Waals surface area contributed by atoms with E-state index in [1.54, 1.807) is 0 Å². The van der Waals surface area contributed by atoms with Crippen molar-refractivity contribution >= 4 is 15.9 Å². The molecule has 2 nitrogen and oxygen atoms in total. The number of halogens is 1. The highest BCUT2D eigenvalue weighted by Crippen LogP contribution is 2.19. The summed E-state index contributed by atoms with van der Waals surface area (Å²) < 4.78 is 10.4. The van der Waals surface area contributed by atoms with Gasteiger partial charge in [0.25, 0.3) is 0 Å². The maximum absolute atomic E-state index is 5.20. The van der Waals surface area contributed by atoms with Crippen LogP contribution in [0.25, 0.3) is 0 Å². The van der Waals surface area contributed by atoms with Gasteiger partial charge in [-0.05, 0) is 19.8 Å². The van der Waals surface area contributed by atoms with Gasteiger partial charge < -0.3 is 9.47 Å². The Balaban J connectivity index is 1.91. The van der Waals surface area contributed by atoms with Crippen LogP contribution in [0.15, 0.2) is 0 Å². The molecule has 1 aliphatic heterocycles. The average molecular weight is 195 g/mol. The van der Waals surface area contributed by atoms with E-state index in [0.717, 1.165) is 18.2 Å². The predicted octanol–water partition coefficient (Wildman–Crippen LogP) is 1.88. The SMILES string of the molecule is CC1OC(CCCBr)O1. The van der Waals surface area contributed by atoms with E-state index in [-0.39, 0.29) is 12.6 Å². The van der Waals surface area contributed by atoms with Crippen LogP contribution in [0.4, 0.5) is 0 Å². The molecular weight excluding hydrogens is 184 g/mol. The summed E-state index contributed by atoms with van der Waals surface area (Å²) in [6.45, 7) is 1.91. The molecular formula is C6H11BrO2. The van der Waals surface area contributed by atoms with Crippen molar-refractivity contribution in [2.75, 3.05) is 5.33 Å². The number of rotatable bonds is 3. The summed E-state index contributed by atoms with van der Waals surface area (Å²) in [6.07, 6.45) is 2.25. The van der Waals surface area contributed by atoms with Gasteiger partial charge in [0.15, 0.2) is 12.6 Å². The molecule has 0 unspecified atom stereocenters. The summed E-state index contributed by atoms with van der Waals surface area (Å²) in [6, 6.07) is 0. The average Bonchev–Trinajstić information content (AvgIpc) is 1.78. The Bertz CT molecular complexity index is 81.1. The molecule has 0 aromatic carbocycles. The van der Waals surface area contributed by atoms with Gasteiger partial charge in [-0.15, -0.1) is 0 Å². The molecule has 1 aliphatic rings. The van der Waals surface area contributed by atoms with Crippen LogP contribution >= 0.6 is 15.9 Å². The summed E-state index contributed by atoms with van der Waals surface area (Å²) in [5.41, 5.74) is 0. The van der Waals surface area contributed by atoms with Gasteiger partial charge in [0.1, 0.15) is 0 Å². The first-order valence-corrected chi connectivity index (χ1v) is 4.32. The molecule has 0 radical (unpaired) electrons. The molecule has 0 atom stereocenters. The fourth-order valence-corrected chi connectivity index (χ4v) is 1.14. The summed E-state index contributed by atoms with van der Waals surface area (Å²) >= 11 is 3.34. The molecule has 1 fully saturated rings. The van der Waals surface area contributed by atoms with Crippen LogP contribution in [0.1, 0.15) is 19.8 Å². The quantitative estimate of drug-likeness (QED) is 0.640. The smallest absolute Gasteiger partial charge is 0.163 e. The minimum absolute atomic E-state index is 0.0327. The second-order valence-corrected chi connectivity index (χ2v) is 2.89. The maximum Gasteiger partial charge on any atom is 0.163 e. The molecule has 0 bridgehead atoms. The highest BCUT2D eigenvalue weighted by atomic mass is 79.9. The molecule has 0 aromatic heterocycles. The molecule has 3 heteroatoms. The third-order valence-electron chi connectivity index (χ3n) is 1.26. The molecule has 54 valence electrons. The minimum atomic E-state index is 0.0327. The van der Waals surface area contributed by atoms with E-state index in [0.29, 0.717) is 0 Å². The first-order chi connectivity index (χ1) is 4.33. The van der Waals surface area contributed by atoms with Crippen molar-refractivity contribution in [2.45, 2.75) is 32.3 Å². The van der Waals surface area contributed by atoms with Gasteiger partial charge in [-0.3, -0.25) is 0 Å². The summed E-state index contributed by atoms with van der Waals surface area (Å²) in [7, 11) is 0. The van der Waals surface area contributed by atoms with Gasteiger partial charge >= 0.3 is 0 Å². The lowest BCUT2D eigenvalue weighted by Gasteiger charge is -2.33. The van der Waals surface area contributed by atoms with Crippen molar-refractivity contribution in [3.8, 4) is 0 Å². The van der Waals surface area contributed by atoms with E-state index in [1.165, 1.54) is 0 Å². The molecule has 1 heterocycles. The fourth-order valence-electron chi connectivity index (χ4n) is 0.818. The number of alkyl halides is 1. The van der Waals surface area contributed by atoms with Gasteiger partial charge in [-0.1, -0.05) is 15.9 Å². The third kappa shape index (κ3) is 2.24. The van der Waals surface area contributed by atoms with E-state index >= 15 is 0 Å². The number of hydrogen-bond acceptors (Lipinski definition) is 2. The van der Waals surface area contributed by atoms with Gasteiger partial charge in [0.05, 0.1) is 0 Å². The fraction of sp³-hybridized carbons (Fsp3) is 1.00. The Hall–Kier alpha value is 0.400. The first kappa shape index (κ1) is 7.51. The molecule has 0 aromatic rings. The van der Waals surface area contributed by atoms with Crippen LogP contribution in [0, 0.1) is 0 Å². The van der Waals surface area contributed by atoms with Gasteiger partial charge in [-0.25, -0.2) is 0 Å². The van der Waals surface area contributed by atoms with E-state index in [2.05, 4.69) is 15.9 Å². The number of ether oxygens (including phenoxy) is 2. The molecule has 0 amide bonds. The van der Waals surface area contributed by atoms with Crippen molar-refractivity contribution < 1.29 is 9.47 Å². The second-order valence-electron chi connectivity index (χ2n) is 2.10. The van der Waals surface area contributed by atoms with E-state index in [4.69, 9.17) is 9.47 Å². The van der Waals surface area contributed by atoms with Crippen molar-refractivity contribution in [2.24, 2.45) is 0 Å². The normalized spacial score (nSPS) is 34.0. The zero-order chi connectivity index (χ0) is 6.69. The van der Waals surface area contributed by atoms with Crippen molar-refractivity contribution in [1.29, 1.82) is 0 Å². The summed E-state index contributed by atoms with van der Waals surface area (Å²) in [4.78, 5) is 0. The Labute approximate surface area is 63.7 Å². The van der Waals surface area contributed by atoms with Crippen molar-refractivity contribution in [1.82, 2.24) is 0 Å². The summed E-state index contributed by atoms with van der Waals surface area (Å²) in [5.74, 6) is 0. The van der Waals surface area contributed by atoms with E-state index in [1.807, 2.05) is 6.92 Å². The van der Waals surface area contributed by atoms with Crippen LogP contribution < -0.4 is 0 Å². The summed E-state index contributed by atoms with van der Waals surface area (Å²) in [5, 5.41) is 1.03. The topological polar surface area (TPSA) is 18.5 Å². The monoisotopic (exact) mass is 194 g/mol. The lowest BCUT2D eigenvalue weighted by atomic mass is 10.3. The van der Waals surface area contributed by atoms with Gasteiger partial charge in [-0.2, -0.15) is 0 Å². The first-order valence-electron chi connectivity index (χ1n) is 3.20. The van der Waals surface area contributed by atoms with E-state index in [9.17, 15) is 0 Å². The second kappa shape index (κ2) is 3.54. The molecule has 0 saturated carbocycles. The minimum Gasteiger partial charge on any atom is -0.324 e. The molecule has 0 N–H and O–H groups in total. The molecule has 0 aliphatic carbocycles. The zero-order valence-electron chi connectivity index (χ0n) is 5.47. The Morgan fingerprint density at radius 1 is 1.44 bits per heavy atom. The molecule has 1 rings (SSSR count). The largest absolute Gasteiger partial charge is 0.324 e. The standard InChI is InChI=1S/C6H11BrO2/c1-5-8-6(9-5)3-2-4-7/h5-6H,2-4H2,1H3. The molecule has 9 heavy (non-hydrogen) atoms. The van der Waals surface area contributed by atoms with Gasteiger partial charge in [0.2, 0.25) is 0 Å². The molecule has 1 saturated heterocycles. The lowest BCUT2D eigenvalue weighted by Crippen LogP contribution is -2.38. The molecule has 0 spiro atoms. The highest BCUT2D eigenvalue weighted by molar-refractivity contribution is 9.09. The number of hydrogen-bond donors (Lipinski definition) is 0. The predicted molar refractivity (Wildman–Crippen MR) is 38.4 cm³/mol. The third-order valence-corrected chi connectivity index (χ3v) is 1.82. The van der Waals surface area contributed by atoms with Crippen molar-refractivity contribution in [3.05, 3.63) is 0 Å². The lowest BCUT2D eigenvalue weighted by molar-refractivity contribution is -0.377. The van der Waals surface area contributed by atoms with Crippen molar-refractivity contribution in [3.63, 3.8) is 0 Å². The Morgan fingerprint density at radius 2 is 2.11 bits per heavy atom. The van der Waals surface area contributed by atoms with Crippen LogP contribution in [0.5, 0.6) is 0 Å². The highest BCUT2D eigenvalue weighted by Gasteiger charge is 2.25.